The Kier molecular flexibility index (Phi) is 6.39. The van der Waals surface area contributed by atoms with Gasteiger partial charge in [-0.3, -0.25) is 9.69 Å². The van der Waals surface area contributed by atoms with Crippen molar-refractivity contribution in [2.75, 3.05) is 51.4 Å². The molecule has 3 heterocycles. The third-order valence-corrected chi connectivity index (χ3v) is 5.77. The Morgan fingerprint density at radius 1 is 1.30 bits per heavy atom. The van der Waals surface area contributed by atoms with Gasteiger partial charge in [-0.2, -0.15) is 0 Å². The van der Waals surface area contributed by atoms with E-state index in [1.807, 2.05) is 0 Å². The number of esters is 1. The zero-order valence-corrected chi connectivity index (χ0v) is 17.1. The summed E-state index contributed by atoms with van der Waals surface area (Å²) in [5, 5.41) is 4.15. The Balaban J connectivity index is 1.72. The fraction of sp³-hybridized carbons (Fsp3) is 0.684. The van der Waals surface area contributed by atoms with Crippen molar-refractivity contribution < 1.29 is 23.8 Å². The molecule has 1 amide bonds. The molecule has 0 spiro atoms. The Bertz CT molecular complexity index is 695. The van der Waals surface area contributed by atoms with E-state index in [9.17, 15) is 9.59 Å². The molecule has 0 bridgehead atoms. The van der Waals surface area contributed by atoms with Gasteiger partial charge in [0.2, 0.25) is 5.91 Å². The lowest BCUT2D eigenvalue weighted by Crippen LogP contribution is -2.38. The lowest BCUT2D eigenvalue weighted by atomic mass is 9.84. The number of hydrogen-bond donors (Lipinski definition) is 1. The van der Waals surface area contributed by atoms with Gasteiger partial charge in [0.1, 0.15) is 10.6 Å². The maximum Gasteiger partial charge on any atom is 0.341 e. The van der Waals surface area contributed by atoms with Crippen LogP contribution in [0.4, 0.5) is 5.00 Å². The van der Waals surface area contributed by atoms with Crippen LogP contribution in [0.25, 0.3) is 0 Å². The first-order valence-corrected chi connectivity index (χ1v) is 10.3. The summed E-state index contributed by atoms with van der Waals surface area (Å²) in [7, 11) is 0. The fourth-order valence-electron chi connectivity index (χ4n) is 3.29. The first kappa shape index (κ1) is 20.1. The average molecular weight is 397 g/mol. The largest absolute Gasteiger partial charge is 0.483 e. The van der Waals surface area contributed by atoms with Crippen LogP contribution < -0.4 is 10.1 Å². The molecule has 0 atom stereocenters. The van der Waals surface area contributed by atoms with Crippen molar-refractivity contribution in [3.8, 4) is 5.06 Å². The zero-order chi connectivity index (χ0) is 19.4. The molecule has 2 aliphatic heterocycles. The molecule has 0 aromatic carbocycles. The van der Waals surface area contributed by atoms with E-state index < -0.39 is 5.97 Å². The van der Waals surface area contributed by atoms with E-state index in [0.717, 1.165) is 25.1 Å². The highest BCUT2D eigenvalue weighted by molar-refractivity contribution is 7.18. The number of carbonyl (C=O) groups is 2. The summed E-state index contributed by atoms with van der Waals surface area (Å²) >= 11 is 1.32. The Hall–Kier alpha value is -1.64. The minimum absolute atomic E-state index is 0.0626. The van der Waals surface area contributed by atoms with Gasteiger partial charge in [0.15, 0.2) is 5.06 Å². The maximum absolute atomic E-state index is 12.6. The van der Waals surface area contributed by atoms with Gasteiger partial charge in [0.25, 0.3) is 0 Å². The number of anilines is 1. The van der Waals surface area contributed by atoms with Crippen molar-refractivity contribution in [1.29, 1.82) is 0 Å². The van der Waals surface area contributed by atoms with Crippen molar-refractivity contribution >= 4 is 28.2 Å². The van der Waals surface area contributed by atoms with Crippen molar-refractivity contribution in [3.63, 3.8) is 0 Å². The van der Waals surface area contributed by atoms with Crippen LogP contribution >= 0.6 is 11.3 Å². The highest BCUT2D eigenvalue weighted by Crippen LogP contribution is 2.46. The van der Waals surface area contributed by atoms with Crippen molar-refractivity contribution in [1.82, 2.24) is 4.90 Å². The molecule has 1 N–H and O–H groups in total. The van der Waals surface area contributed by atoms with Crippen molar-refractivity contribution in [2.45, 2.75) is 33.6 Å². The summed E-state index contributed by atoms with van der Waals surface area (Å²) in [5.41, 5.74) is 1.23. The van der Waals surface area contributed by atoms with E-state index in [1.54, 1.807) is 6.92 Å². The molecule has 1 aromatic rings. The highest BCUT2D eigenvalue weighted by Gasteiger charge is 2.35. The van der Waals surface area contributed by atoms with E-state index in [1.165, 1.54) is 11.3 Å². The third-order valence-electron chi connectivity index (χ3n) is 4.71. The number of nitrogens with one attached hydrogen (secondary N) is 1. The second kappa shape index (κ2) is 8.58. The first-order chi connectivity index (χ1) is 12.9. The predicted octanol–water partition coefficient (Wildman–Crippen LogP) is 2.55. The van der Waals surface area contributed by atoms with Gasteiger partial charge >= 0.3 is 5.97 Å². The van der Waals surface area contributed by atoms with Crippen LogP contribution in [0.15, 0.2) is 0 Å². The van der Waals surface area contributed by atoms with Gasteiger partial charge < -0.3 is 19.5 Å². The van der Waals surface area contributed by atoms with Gasteiger partial charge in [-0.25, -0.2) is 4.79 Å². The first-order valence-electron chi connectivity index (χ1n) is 9.45. The van der Waals surface area contributed by atoms with Crippen molar-refractivity contribution in [2.24, 2.45) is 5.41 Å². The summed E-state index contributed by atoms with van der Waals surface area (Å²) in [5.74, 6) is -0.510. The minimum Gasteiger partial charge on any atom is -0.483 e. The lowest BCUT2D eigenvalue weighted by molar-refractivity contribution is -0.116. The van der Waals surface area contributed by atoms with Crippen LogP contribution in [0, 0.1) is 5.41 Å². The molecular weight excluding hydrogens is 368 g/mol. The molecule has 1 fully saturated rings. The topological polar surface area (TPSA) is 77.1 Å². The van der Waals surface area contributed by atoms with E-state index in [0.29, 0.717) is 48.4 Å². The van der Waals surface area contributed by atoms with E-state index >= 15 is 0 Å². The summed E-state index contributed by atoms with van der Waals surface area (Å²) in [6.45, 7) is 10.6. The molecule has 150 valence electrons. The molecule has 0 saturated carbocycles. The molecular formula is C19H28N2O5S. The summed E-state index contributed by atoms with van der Waals surface area (Å²) in [4.78, 5) is 27.2. The van der Waals surface area contributed by atoms with Crippen LogP contribution in [0.3, 0.4) is 0 Å². The molecule has 27 heavy (non-hydrogen) atoms. The minimum atomic E-state index is -0.403. The second-order valence-electron chi connectivity index (χ2n) is 7.67. The lowest BCUT2D eigenvalue weighted by Gasteiger charge is -2.29. The number of carbonyl (C=O) groups excluding carboxylic acids is 2. The highest BCUT2D eigenvalue weighted by atomic mass is 32.1. The van der Waals surface area contributed by atoms with E-state index in [-0.39, 0.29) is 17.9 Å². The number of nitrogens with zero attached hydrogens (tertiary/aromatic N) is 1. The van der Waals surface area contributed by atoms with Gasteiger partial charge in [0, 0.05) is 37.0 Å². The summed E-state index contributed by atoms with van der Waals surface area (Å²) < 4.78 is 16.4. The van der Waals surface area contributed by atoms with Gasteiger partial charge in [0.05, 0.1) is 26.4 Å². The molecule has 0 unspecified atom stereocenters. The number of fused-ring (bicyclic) bond motifs is 1. The Morgan fingerprint density at radius 3 is 2.74 bits per heavy atom. The van der Waals surface area contributed by atoms with Gasteiger partial charge in [-0.05, 0) is 13.3 Å². The number of thiophene rings is 1. The number of morpholine rings is 1. The standard InChI is InChI=1S/C19H28N2O5S/c1-4-25-17(23)15-13-11-19(2,3)12-26-18(13)27-16(15)20-14(22)5-6-21-7-9-24-10-8-21/h4-12H2,1-3H3,(H,20,22). The van der Waals surface area contributed by atoms with Crippen LogP contribution in [0.2, 0.25) is 0 Å². The average Bonchev–Trinajstić information content (AvgIpc) is 2.97. The third kappa shape index (κ3) is 5.00. The molecule has 0 radical (unpaired) electrons. The van der Waals surface area contributed by atoms with Gasteiger partial charge in [-0.15, -0.1) is 0 Å². The van der Waals surface area contributed by atoms with Gasteiger partial charge in [-0.1, -0.05) is 25.2 Å². The van der Waals surface area contributed by atoms with E-state index in [2.05, 4.69) is 24.1 Å². The fourth-order valence-corrected chi connectivity index (χ4v) is 4.37. The van der Waals surface area contributed by atoms with Crippen LogP contribution in [0.5, 0.6) is 5.06 Å². The van der Waals surface area contributed by atoms with Crippen LogP contribution in [-0.4, -0.2) is 62.8 Å². The zero-order valence-electron chi connectivity index (χ0n) is 16.3. The summed E-state index contributed by atoms with van der Waals surface area (Å²) in [6, 6.07) is 0. The molecule has 1 saturated heterocycles. The maximum atomic E-state index is 12.6. The van der Waals surface area contributed by atoms with Crippen LogP contribution in [-0.2, 0) is 20.7 Å². The molecule has 7 nitrogen and oxygen atoms in total. The SMILES string of the molecule is CCOC(=O)c1c(NC(=O)CCN2CCOCC2)sc2c1CC(C)(C)CO2. The monoisotopic (exact) mass is 396 g/mol. The smallest absolute Gasteiger partial charge is 0.341 e. The second-order valence-corrected chi connectivity index (χ2v) is 8.66. The Morgan fingerprint density at radius 2 is 2.04 bits per heavy atom. The Labute approximate surface area is 164 Å². The normalized spacial score (nSPS) is 19.1. The van der Waals surface area contributed by atoms with Crippen LogP contribution in [0.1, 0.15) is 43.1 Å². The molecule has 0 aliphatic carbocycles. The predicted molar refractivity (Wildman–Crippen MR) is 104 cm³/mol. The van der Waals surface area contributed by atoms with Crippen molar-refractivity contribution in [3.05, 3.63) is 11.1 Å². The van der Waals surface area contributed by atoms with E-state index in [4.69, 9.17) is 14.2 Å². The number of ether oxygens (including phenoxy) is 3. The quantitative estimate of drug-likeness (QED) is 0.745. The number of hydrogen-bond acceptors (Lipinski definition) is 7. The molecule has 3 rings (SSSR count). The molecule has 8 heteroatoms. The number of rotatable bonds is 6. The number of amides is 1. The summed E-state index contributed by atoms with van der Waals surface area (Å²) in [6.07, 6.45) is 1.09. The molecule has 2 aliphatic rings. The molecule has 1 aromatic heterocycles.